The molecule has 0 spiro atoms. The van der Waals surface area contributed by atoms with Gasteiger partial charge in [0, 0.05) is 6.54 Å². The second-order valence-electron chi connectivity index (χ2n) is 5.75. The van der Waals surface area contributed by atoms with E-state index in [-0.39, 0.29) is 5.82 Å². The fraction of sp³-hybridized carbons (Fsp3) is 0.667. The molecule has 0 fully saturated rings. The van der Waals surface area contributed by atoms with Crippen molar-refractivity contribution < 1.29 is 9.50 Å². The van der Waals surface area contributed by atoms with E-state index >= 15 is 0 Å². The zero-order valence-corrected chi connectivity index (χ0v) is 13.3. The van der Waals surface area contributed by atoms with Crippen LogP contribution in [0.15, 0.2) is 24.3 Å². The lowest BCUT2D eigenvalue weighted by Crippen LogP contribution is -2.22. The summed E-state index contributed by atoms with van der Waals surface area (Å²) in [6.07, 6.45) is 9.92. The Morgan fingerprint density at radius 1 is 0.952 bits per heavy atom. The highest BCUT2D eigenvalue weighted by Crippen LogP contribution is 2.12. The van der Waals surface area contributed by atoms with Crippen molar-refractivity contribution in [2.75, 3.05) is 13.1 Å². The lowest BCUT2D eigenvalue weighted by Gasteiger charge is -2.12. The highest BCUT2D eigenvalue weighted by Gasteiger charge is 2.06. The Hall–Kier alpha value is -0.930. The molecule has 1 atom stereocenters. The van der Waals surface area contributed by atoms with Crippen LogP contribution in [0.4, 0.5) is 4.39 Å². The Balaban J connectivity index is 1.95. The molecule has 0 aliphatic carbocycles. The lowest BCUT2D eigenvalue weighted by molar-refractivity contribution is 0.174. The van der Waals surface area contributed by atoms with E-state index in [9.17, 15) is 9.50 Å². The first-order valence-electron chi connectivity index (χ1n) is 8.38. The van der Waals surface area contributed by atoms with Gasteiger partial charge in [0.1, 0.15) is 5.82 Å². The number of rotatable bonds is 12. The molecule has 0 bridgehead atoms. The van der Waals surface area contributed by atoms with Gasteiger partial charge in [-0.2, -0.15) is 0 Å². The van der Waals surface area contributed by atoms with Gasteiger partial charge in [-0.3, -0.25) is 0 Å². The van der Waals surface area contributed by atoms with Crippen molar-refractivity contribution in [2.24, 2.45) is 0 Å². The van der Waals surface area contributed by atoms with Gasteiger partial charge >= 0.3 is 0 Å². The molecule has 1 unspecified atom stereocenters. The topological polar surface area (TPSA) is 32.3 Å². The largest absolute Gasteiger partial charge is 0.387 e. The molecule has 2 nitrogen and oxygen atoms in total. The predicted octanol–water partition coefficient (Wildman–Crippen LogP) is 4.59. The summed E-state index contributed by atoms with van der Waals surface area (Å²) in [5, 5.41) is 13.2. The summed E-state index contributed by atoms with van der Waals surface area (Å²) in [6.45, 7) is 3.71. The maximum Gasteiger partial charge on any atom is 0.123 e. The van der Waals surface area contributed by atoms with E-state index in [4.69, 9.17) is 0 Å². The number of nitrogens with one attached hydrogen (secondary N) is 1. The molecule has 0 aromatic heterocycles. The molecular weight excluding hydrogens is 265 g/mol. The van der Waals surface area contributed by atoms with Crippen molar-refractivity contribution in [3.05, 3.63) is 35.6 Å². The SMILES string of the molecule is CCCCCCCCCCNCC(O)c1ccc(F)cc1. The predicted molar refractivity (Wildman–Crippen MR) is 86.8 cm³/mol. The standard InChI is InChI=1S/C18H30FNO/c1-2-3-4-5-6-7-8-9-14-20-15-18(21)16-10-12-17(19)13-11-16/h10-13,18,20-21H,2-9,14-15H2,1H3. The first kappa shape index (κ1) is 18.1. The average molecular weight is 295 g/mol. The van der Waals surface area contributed by atoms with Gasteiger partial charge in [0.05, 0.1) is 6.10 Å². The van der Waals surface area contributed by atoms with Crippen LogP contribution in [0.2, 0.25) is 0 Å². The summed E-state index contributed by atoms with van der Waals surface area (Å²) in [7, 11) is 0. The Morgan fingerprint density at radius 2 is 1.52 bits per heavy atom. The number of hydrogen-bond donors (Lipinski definition) is 2. The summed E-state index contributed by atoms with van der Waals surface area (Å²) in [5.74, 6) is -0.266. The van der Waals surface area contributed by atoms with Crippen molar-refractivity contribution in [3.8, 4) is 0 Å². The third kappa shape index (κ3) is 8.84. The van der Waals surface area contributed by atoms with Crippen molar-refractivity contribution in [3.63, 3.8) is 0 Å². The average Bonchev–Trinajstić information content (AvgIpc) is 2.49. The number of aliphatic hydroxyl groups excluding tert-OH is 1. The van der Waals surface area contributed by atoms with Crippen LogP contribution in [-0.2, 0) is 0 Å². The molecule has 21 heavy (non-hydrogen) atoms. The van der Waals surface area contributed by atoms with Crippen molar-refractivity contribution in [2.45, 2.75) is 64.4 Å². The van der Waals surface area contributed by atoms with E-state index in [0.29, 0.717) is 6.54 Å². The van der Waals surface area contributed by atoms with Crippen molar-refractivity contribution >= 4 is 0 Å². The first-order valence-corrected chi connectivity index (χ1v) is 8.38. The molecule has 0 aliphatic heterocycles. The van der Waals surface area contributed by atoms with Gasteiger partial charge in [-0.05, 0) is 30.7 Å². The van der Waals surface area contributed by atoms with Crippen LogP contribution in [-0.4, -0.2) is 18.2 Å². The van der Waals surface area contributed by atoms with E-state index < -0.39 is 6.10 Å². The van der Waals surface area contributed by atoms with Gasteiger partial charge in [-0.25, -0.2) is 4.39 Å². The highest BCUT2D eigenvalue weighted by molar-refractivity contribution is 5.18. The van der Waals surface area contributed by atoms with Gasteiger partial charge in [-0.15, -0.1) is 0 Å². The molecule has 0 aliphatic rings. The molecule has 0 saturated heterocycles. The third-order valence-corrected chi connectivity index (χ3v) is 3.80. The van der Waals surface area contributed by atoms with E-state index in [1.54, 1.807) is 12.1 Å². The van der Waals surface area contributed by atoms with Gasteiger partial charge in [0.25, 0.3) is 0 Å². The van der Waals surface area contributed by atoms with E-state index in [1.165, 1.54) is 57.1 Å². The first-order chi connectivity index (χ1) is 10.2. The molecule has 0 radical (unpaired) electrons. The molecule has 2 N–H and O–H groups in total. The summed E-state index contributed by atoms with van der Waals surface area (Å²) < 4.78 is 12.8. The van der Waals surface area contributed by atoms with Crippen LogP contribution in [0.25, 0.3) is 0 Å². The number of hydrogen-bond acceptors (Lipinski definition) is 2. The van der Waals surface area contributed by atoms with Gasteiger partial charge in [0.15, 0.2) is 0 Å². The van der Waals surface area contributed by atoms with Gasteiger partial charge < -0.3 is 10.4 Å². The lowest BCUT2D eigenvalue weighted by atomic mass is 10.1. The molecule has 1 aromatic carbocycles. The molecule has 1 aromatic rings. The van der Waals surface area contributed by atoms with E-state index in [1.807, 2.05) is 0 Å². The van der Waals surface area contributed by atoms with Crippen LogP contribution in [0.3, 0.4) is 0 Å². The number of benzene rings is 1. The zero-order chi connectivity index (χ0) is 15.3. The fourth-order valence-electron chi connectivity index (χ4n) is 2.43. The summed E-state index contributed by atoms with van der Waals surface area (Å²) in [6, 6.07) is 6.05. The Morgan fingerprint density at radius 3 is 2.14 bits per heavy atom. The van der Waals surface area contributed by atoms with Crippen LogP contribution in [0, 0.1) is 5.82 Å². The maximum absolute atomic E-state index is 12.8. The smallest absolute Gasteiger partial charge is 0.123 e. The van der Waals surface area contributed by atoms with Crippen molar-refractivity contribution in [1.29, 1.82) is 0 Å². The zero-order valence-electron chi connectivity index (χ0n) is 13.3. The molecule has 3 heteroatoms. The normalized spacial score (nSPS) is 12.5. The number of aliphatic hydroxyl groups is 1. The Labute approximate surface area is 128 Å². The van der Waals surface area contributed by atoms with Crippen LogP contribution in [0.5, 0.6) is 0 Å². The molecule has 1 rings (SSSR count). The number of unbranched alkanes of at least 4 members (excludes halogenated alkanes) is 7. The third-order valence-electron chi connectivity index (χ3n) is 3.80. The van der Waals surface area contributed by atoms with Crippen LogP contribution in [0.1, 0.15) is 70.0 Å². The highest BCUT2D eigenvalue weighted by atomic mass is 19.1. The monoisotopic (exact) mass is 295 g/mol. The molecule has 0 saturated carbocycles. The number of halogens is 1. The summed E-state index contributed by atoms with van der Waals surface area (Å²) in [5.41, 5.74) is 0.764. The van der Waals surface area contributed by atoms with Gasteiger partial charge in [-0.1, -0.05) is 64.0 Å². The molecular formula is C18H30FNO. The Kier molecular flexibility index (Phi) is 10.1. The second-order valence-corrected chi connectivity index (χ2v) is 5.75. The summed E-state index contributed by atoms with van der Waals surface area (Å²) in [4.78, 5) is 0. The minimum absolute atomic E-state index is 0.266. The van der Waals surface area contributed by atoms with E-state index in [0.717, 1.165) is 18.5 Å². The summed E-state index contributed by atoms with van der Waals surface area (Å²) >= 11 is 0. The van der Waals surface area contributed by atoms with E-state index in [2.05, 4.69) is 12.2 Å². The fourth-order valence-corrected chi connectivity index (χ4v) is 2.43. The minimum atomic E-state index is -0.556. The van der Waals surface area contributed by atoms with Gasteiger partial charge in [0.2, 0.25) is 0 Å². The second kappa shape index (κ2) is 11.7. The minimum Gasteiger partial charge on any atom is -0.387 e. The van der Waals surface area contributed by atoms with Crippen LogP contribution < -0.4 is 5.32 Å². The van der Waals surface area contributed by atoms with Crippen LogP contribution >= 0.6 is 0 Å². The quantitative estimate of drug-likeness (QED) is 0.553. The molecule has 120 valence electrons. The Bertz CT molecular complexity index is 353. The van der Waals surface area contributed by atoms with Crippen molar-refractivity contribution in [1.82, 2.24) is 5.32 Å². The maximum atomic E-state index is 12.8. The molecule has 0 heterocycles. The molecule has 0 amide bonds.